The van der Waals surface area contributed by atoms with E-state index in [9.17, 15) is 16.8 Å². The van der Waals surface area contributed by atoms with E-state index in [0.29, 0.717) is 16.7 Å². The lowest BCUT2D eigenvalue weighted by molar-refractivity contribution is 0.597. The summed E-state index contributed by atoms with van der Waals surface area (Å²) in [4.78, 5) is -1.07. The summed E-state index contributed by atoms with van der Waals surface area (Å²) in [5, 5.41) is 0. The van der Waals surface area contributed by atoms with Crippen molar-refractivity contribution >= 4 is 39.5 Å². The van der Waals surface area contributed by atoms with Gasteiger partial charge in [-0.2, -0.15) is 0 Å². The summed E-state index contributed by atoms with van der Waals surface area (Å²) >= 11 is 0. The molecule has 4 nitrogen and oxygen atoms in total. The molecule has 0 atom stereocenters. The summed E-state index contributed by atoms with van der Waals surface area (Å²) < 4.78 is 48.6. The fraction of sp³-hybridized carbons (Fsp3) is 0. The van der Waals surface area contributed by atoms with Gasteiger partial charge in [0, 0.05) is 26.9 Å². The van der Waals surface area contributed by atoms with Gasteiger partial charge < -0.3 is 0 Å². The average Bonchev–Trinajstić information content (AvgIpc) is 2.60. The van der Waals surface area contributed by atoms with Gasteiger partial charge in [0.15, 0.2) is 0 Å². The topological polar surface area (TPSA) is 68.3 Å². The second kappa shape index (κ2) is 7.04. The highest BCUT2D eigenvalue weighted by atomic mass is 35.7. The standard InChI is InChI=1S/C18H12Cl2O4S2/c19-25(21,22)16-12-11-15(13-7-3-1-4-8-13)17(18(16)26(20,23)24)14-9-5-2-6-10-14/h1-12H. The summed E-state index contributed by atoms with van der Waals surface area (Å²) in [5.74, 6) is 0. The molecule has 26 heavy (non-hydrogen) atoms. The summed E-state index contributed by atoms with van der Waals surface area (Å²) in [6.07, 6.45) is 0. The van der Waals surface area contributed by atoms with Gasteiger partial charge in [0.1, 0.15) is 9.79 Å². The molecule has 0 aliphatic heterocycles. The summed E-state index contributed by atoms with van der Waals surface area (Å²) in [6, 6.07) is 20.2. The predicted molar refractivity (Wildman–Crippen MR) is 103 cm³/mol. The predicted octanol–water partition coefficient (Wildman–Crippen LogP) is 4.88. The van der Waals surface area contributed by atoms with Crippen molar-refractivity contribution in [1.29, 1.82) is 0 Å². The van der Waals surface area contributed by atoms with E-state index in [-0.39, 0.29) is 5.56 Å². The van der Waals surface area contributed by atoms with Gasteiger partial charge >= 0.3 is 0 Å². The average molecular weight is 427 g/mol. The Morgan fingerprint density at radius 3 is 1.54 bits per heavy atom. The quantitative estimate of drug-likeness (QED) is 0.557. The van der Waals surface area contributed by atoms with Crippen molar-refractivity contribution in [3.63, 3.8) is 0 Å². The van der Waals surface area contributed by atoms with E-state index in [0.717, 1.165) is 6.07 Å². The Hall–Kier alpha value is -1.86. The zero-order valence-electron chi connectivity index (χ0n) is 13.1. The minimum atomic E-state index is -4.42. The third-order valence-electron chi connectivity index (χ3n) is 3.78. The minimum Gasteiger partial charge on any atom is -0.207 e. The van der Waals surface area contributed by atoms with E-state index in [1.54, 1.807) is 54.6 Å². The zero-order chi connectivity index (χ0) is 18.9. The first-order valence-electron chi connectivity index (χ1n) is 7.37. The van der Waals surface area contributed by atoms with Gasteiger partial charge in [-0.3, -0.25) is 0 Å². The number of rotatable bonds is 4. The second-order valence-electron chi connectivity index (χ2n) is 5.42. The SMILES string of the molecule is O=S(=O)(Cl)c1ccc(-c2ccccc2)c(-c2ccccc2)c1S(=O)(=O)Cl. The molecule has 3 rings (SSSR count). The van der Waals surface area contributed by atoms with Crippen LogP contribution in [0.25, 0.3) is 22.3 Å². The number of hydrogen-bond acceptors (Lipinski definition) is 4. The second-order valence-corrected chi connectivity index (χ2v) is 10.5. The molecule has 0 radical (unpaired) electrons. The van der Waals surface area contributed by atoms with Crippen LogP contribution in [0.15, 0.2) is 82.6 Å². The molecule has 0 saturated heterocycles. The Balaban J connectivity index is 2.54. The maximum absolute atomic E-state index is 12.3. The van der Waals surface area contributed by atoms with E-state index in [4.69, 9.17) is 21.4 Å². The lowest BCUT2D eigenvalue weighted by Crippen LogP contribution is -2.05. The van der Waals surface area contributed by atoms with Crippen LogP contribution in [0, 0.1) is 0 Å². The molecule has 0 bridgehead atoms. The minimum absolute atomic E-state index is 0.188. The molecule has 0 amide bonds. The Kier molecular flexibility index (Phi) is 5.12. The first-order valence-corrected chi connectivity index (χ1v) is 12.0. The molecule has 0 N–H and O–H groups in total. The number of halogens is 2. The van der Waals surface area contributed by atoms with Crippen LogP contribution in [-0.4, -0.2) is 16.8 Å². The highest BCUT2D eigenvalue weighted by Crippen LogP contribution is 2.42. The van der Waals surface area contributed by atoms with Gasteiger partial charge in [0.25, 0.3) is 18.1 Å². The first kappa shape index (κ1) is 18.9. The molecule has 134 valence electrons. The van der Waals surface area contributed by atoms with E-state index >= 15 is 0 Å². The van der Waals surface area contributed by atoms with Crippen molar-refractivity contribution in [2.75, 3.05) is 0 Å². The van der Waals surface area contributed by atoms with E-state index in [2.05, 4.69) is 0 Å². The van der Waals surface area contributed by atoms with Crippen molar-refractivity contribution in [2.24, 2.45) is 0 Å². The van der Waals surface area contributed by atoms with Crippen LogP contribution in [0.3, 0.4) is 0 Å². The Bertz CT molecular complexity index is 1160. The van der Waals surface area contributed by atoms with Crippen LogP contribution in [0.1, 0.15) is 0 Å². The van der Waals surface area contributed by atoms with Crippen LogP contribution < -0.4 is 0 Å². The van der Waals surface area contributed by atoms with Gasteiger partial charge in [-0.25, -0.2) is 16.8 Å². The molecule has 0 aliphatic rings. The molecular weight excluding hydrogens is 415 g/mol. The van der Waals surface area contributed by atoms with E-state index in [1.165, 1.54) is 6.07 Å². The van der Waals surface area contributed by atoms with Crippen molar-refractivity contribution in [3.8, 4) is 22.3 Å². The Morgan fingerprint density at radius 2 is 1.08 bits per heavy atom. The molecule has 0 spiro atoms. The normalized spacial score (nSPS) is 12.1. The molecule has 0 heterocycles. The van der Waals surface area contributed by atoms with Crippen molar-refractivity contribution < 1.29 is 16.8 Å². The zero-order valence-corrected chi connectivity index (χ0v) is 16.3. The molecule has 0 aromatic heterocycles. The van der Waals surface area contributed by atoms with Crippen molar-refractivity contribution in [2.45, 2.75) is 9.79 Å². The highest BCUT2D eigenvalue weighted by molar-refractivity contribution is 8.16. The lowest BCUT2D eigenvalue weighted by Gasteiger charge is -2.16. The summed E-state index contributed by atoms with van der Waals surface area (Å²) in [7, 11) is 2.36. The van der Waals surface area contributed by atoms with Crippen LogP contribution in [0.5, 0.6) is 0 Å². The fourth-order valence-electron chi connectivity index (χ4n) is 2.75. The molecule has 3 aromatic carbocycles. The van der Waals surface area contributed by atoms with Crippen LogP contribution in [0.4, 0.5) is 0 Å². The maximum atomic E-state index is 12.3. The van der Waals surface area contributed by atoms with Gasteiger partial charge in [-0.05, 0) is 22.8 Å². The number of hydrogen-bond donors (Lipinski definition) is 0. The molecule has 0 fully saturated rings. The third kappa shape index (κ3) is 3.78. The van der Waals surface area contributed by atoms with Crippen LogP contribution >= 0.6 is 21.4 Å². The Morgan fingerprint density at radius 1 is 0.577 bits per heavy atom. The fourth-order valence-corrected chi connectivity index (χ4v) is 5.88. The molecule has 0 unspecified atom stereocenters. The Labute approximate surface area is 160 Å². The van der Waals surface area contributed by atoms with Crippen molar-refractivity contribution in [1.82, 2.24) is 0 Å². The lowest BCUT2D eigenvalue weighted by atomic mass is 9.94. The van der Waals surface area contributed by atoms with Crippen LogP contribution in [-0.2, 0) is 18.1 Å². The monoisotopic (exact) mass is 426 g/mol. The van der Waals surface area contributed by atoms with E-state index < -0.39 is 27.9 Å². The molecule has 8 heteroatoms. The summed E-state index contributed by atoms with van der Waals surface area (Å²) in [6.45, 7) is 0. The molecule has 3 aromatic rings. The highest BCUT2D eigenvalue weighted by Gasteiger charge is 2.30. The third-order valence-corrected chi connectivity index (χ3v) is 6.64. The largest absolute Gasteiger partial charge is 0.263 e. The van der Waals surface area contributed by atoms with Crippen LogP contribution in [0.2, 0.25) is 0 Å². The molecule has 0 saturated carbocycles. The molecule has 0 aliphatic carbocycles. The summed E-state index contributed by atoms with van der Waals surface area (Å²) in [5.41, 5.74) is 1.94. The van der Waals surface area contributed by atoms with Gasteiger partial charge in [0.2, 0.25) is 0 Å². The van der Waals surface area contributed by atoms with Gasteiger partial charge in [-0.1, -0.05) is 66.7 Å². The van der Waals surface area contributed by atoms with Gasteiger partial charge in [-0.15, -0.1) is 0 Å². The van der Waals surface area contributed by atoms with Crippen molar-refractivity contribution in [3.05, 3.63) is 72.8 Å². The molecular formula is C18H12Cl2O4S2. The first-order chi connectivity index (χ1) is 12.2. The smallest absolute Gasteiger partial charge is 0.207 e. The number of benzene rings is 3. The van der Waals surface area contributed by atoms with E-state index in [1.807, 2.05) is 6.07 Å². The van der Waals surface area contributed by atoms with Gasteiger partial charge in [0.05, 0.1) is 0 Å². The maximum Gasteiger partial charge on any atom is 0.263 e.